The molecule has 0 N–H and O–H groups in total. The van der Waals surface area contributed by atoms with E-state index in [1.54, 1.807) is 0 Å². The first-order valence-corrected chi connectivity index (χ1v) is 4.58. The van der Waals surface area contributed by atoms with Crippen molar-refractivity contribution in [2.24, 2.45) is 0 Å². The molecule has 1 heteroatoms. The van der Waals surface area contributed by atoms with E-state index in [1.807, 2.05) is 6.92 Å². The third-order valence-electron chi connectivity index (χ3n) is 2.55. The second kappa shape index (κ2) is 3.44. The maximum Gasteiger partial charge on any atom is 0.0898 e. The van der Waals surface area contributed by atoms with E-state index in [-0.39, 0.29) is 5.60 Å². The highest BCUT2D eigenvalue weighted by atomic mass is 16.5. The van der Waals surface area contributed by atoms with Gasteiger partial charge in [0.1, 0.15) is 0 Å². The van der Waals surface area contributed by atoms with Crippen LogP contribution < -0.4 is 0 Å². The van der Waals surface area contributed by atoms with Gasteiger partial charge in [-0.05, 0) is 39.7 Å². The second-order valence-electron chi connectivity index (χ2n) is 3.64. The first-order chi connectivity index (χ1) is 5.58. The molecule has 0 heterocycles. The number of hydrogen-bond acceptors (Lipinski definition) is 1. The summed E-state index contributed by atoms with van der Waals surface area (Å²) in [4.78, 5) is 0. The van der Waals surface area contributed by atoms with Crippen LogP contribution in [0.1, 0.15) is 34.1 Å². The minimum absolute atomic E-state index is 0.0474. The van der Waals surface area contributed by atoms with Crippen molar-refractivity contribution < 1.29 is 4.74 Å². The third-order valence-corrected chi connectivity index (χ3v) is 2.55. The highest BCUT2D eigenvalue weighted by molar-refractivity contribution is 5.32. The topological polar surface area (TPSA) is 9.23 Å². The highest BCUT2D eigenvalue weighted by Crippen LogP contribution is 2.30. The molecular formula is C11H18O. The average Bonchev–Trinajstić information content (AvgIpc) is 1.99. The van der Waals surface area contributed by atoms with Gasteiger partial charge in [0.25, 0.3) is 0 Å². The molecule has 0 saturated heterocycles. The van der Waals surface area contributed by atoms with Gasteiger partial charge in [-0.2, -0.15) is 0 Å². The van der Waals surface area contributed by atoms with E-state index in [0.29, 0.717) is 0 Å². The van der Waals surface area contributed by atoms with Crippen LogP contribution in [0.4, 0.5) is 0 Å². The van der Waals surface area contributed by atoms with Crippen molar-refractivity contribution in [2.75, 3.05) is 6.61 Å². The van der Waals surface area contributed by atoms with Crippen LogP contribution >= 0.6 is 0 Å². The van der Waals surface area contributed by atoms with E-state index in [9.17, 15) is 0 Å². The standard InChI is InChI=1S/C11H18O/c1-5-12-11(4)7-6-9(2)8-10(11)3/h6,8H,5,7H2,1-4H3. The van der Waals surface area contributed by atoms with E-state index >= 15 is 0 Å². The third kappa shape index (κ3) is 1.78. The fourth-order valence-electron chi connectivity index (χ4n) is 1.56. The van der Waals surface area contributed by atoms with Gasteiger partial charge in [-0.15, -0.1) is 0 Å². The van der Waals surface area contributed by atoms with Crippen LogP contribution in [-0.4, -0.2) is 12.2 Å². The Hall–Kier alpha value is -0.560. The van der Waals surface area contributed by atoms with Crippen LogP contribution in [0, 0.1) is 0 Å². The lowest BCUT2D eigenvalue weighted by molar-refractivity contribution is 0.00564. The van der Waals surface area contributed by atoms with Crippen LogP contribution in [0.2, 0.25) is 0 Å². The van der Waals surface area contributed by atoms with Crippen molar-refractivity contribution in [3.8, 4) is 0 Å². The molecule has 0 aromatic heterocycles. The average molecular weight is 166 g/mol. The molecular weight excluding hydrogens is 148 g/mol. The zero-order chi connectivity index (χ0) is 9.19. The molecule has 0 radical (unpaired) electrons. The summed E-state index contributed by atoms with van der Waals surface area (Å²) in [5.74, 6) is 0. The fourth-order valence-corrected chi connectivity index (χ4v) is 1.56. The van der Waals surface area contributed by atoms with Crippen molar-refractivity contribution in [3.63, 3.8) is 0 Å². The molecule has 0 aliphatic heterocycles. The zero-order valence-electron chi connectivity index (χ0n) is 8.48. The summed E-state index contributed by atoms with van der Waals surface area (Å²) in [6.45, 7) is 9.27. The highest BCUT2D eigenvalue weighted by Gasteiger charge is 2.27. The van der Waals surface area contributed by atoms with Gasteiger partial charge in [-0.3, -0.25) is 0 Å². The van der Waals surface area contributed by atoms with Gasteiger partial charge in [0.15, 0.2) is 0 Å². The largest absolute Gasteiger partial charge is 0.371 e. The molecule has 1 atom stereocenters. The van der Waals surface area contributed by atoms with Crippen molar-refractivity contribution in [1.29, 1.82) is 0 Å². The van der Waals surface area contributed by atoms with Gasteiger partial charge in [0, 0.05) is 6.61 Å². The molecule has 68 valence electrons. The Bertz CT molecular complexity index is 225. The van der Waals surface area contributed by atoms with Gasteiger partial charge < -0.3 is 4.74 Å². The van der Waals surface area contributed by atoms with E-state index in [2.05, 4.69) is 32.9 Å². The van der Waals surface area contributed by atoms with Crippen molar-refractivity contribution >= 4 is 0 Å². The van der Waals surface area contributed by atoms with Gasteiger partial charge in [0.05, 0.1) is 5.60 Å². The summed E-state index contributed by atoms with van der Waals surface area (Å²) in [6, 6.07) is 0. The summed E-state index contributed by atoms with van der Waals surface area (Å²) < 4.78 is 5.72. The Kier molecular flexibility index (Phi) is 2.73. The quantitative estimate of drug-likeness (QED) is 0.612. The van der Waals surface area contributed by atoms with Crippen LogP contribution in [0.5, 0.6) is 0 Å². The summed E-state index contributed by atoms with van der Waals surface area (Å²) in [6.07, 6.45) is 5.46. The fraction of sp³-hybridized carbons (Fsp3) is 0.636. The van der Waals surface area contributed by atoms with E-state index in [0.717, 1.165) is 13.0 Å². The van der Waals surface area contributed by atoms with Crippen LogP contribution in [0.15, 0.2) is 23.3 Å². The van der Waals surface area contributed by atoms with Crippen LogP contribution in [0.3, 0.4) is 0 Å². The Morgan fingerprint density at radius 1 is 1.50 bits per heavy atom. The molecule has 0 saturated carbocycles. The Morgan fingerprint density at radius 3 is 2.67 bits per heavy atom. The molecule has 0 bridgehead atoms. The van der Waals surface area contributed by atoms with Gasteiger partial charge in [0.2, 0.25) is 0 Å². The summed E-state index contributed by atoms with van der Waals surface area (Å²) in [5.41, 5.74) is 2.64. The monoisotopic (exact) mass is 166 g/mol. The lowest BCUT2D eigenvalue weighted by Crippen LogP contribution is -2.31. The predicted molar refractivity (Wildman–Crippen MR) is 52.2 cm³/mol. The predicted octanol–water partition coefficient (Wildman–Crippen LogP) is 3.08. The molecule has 1 aliphatic carbocycles. The van der Waals surface area contributed by atoms with Crippen molar-refractivity contribution in [1.82, 2.24) is 0 Å². The van der Waals surface area contributed by atoms with Crippen molar-refractivity contribution in [2.45, 2.75) is 39.7 Å². The Balaban J connectivity index is 2.78. The second-order valence-corrected chi connectivity index (χ2v) is 3.64. The molecule has 1 unspecified atom stereocenters. The number of hydrogen-bond donors (Lipinski definition) is 0. The number of ether oxygens (including phenoxy) is 1. The van der Waals surface area contributed by atoms with Crippen LogP contribution in [0.25, 0.3) is 0 Å². The smallest absolute Gasteiger partial charge is 0.0898 e. The Morgan fingerprint density at radius 2 is 2.17 bits per heavy atom. The van der Waals surface area contributed by atoms with Crippen LogP contribution in [-0.2, 0) is 4.74 Å². The Labute approximate surface area is 75.1 Å². The molecule has 1 aliphatic rings. The first-order valence-electron chi connectivity index (χ1n) is 4.58. The molecule has 0 aromatic carbocycles. The normalized spacial score (nSPS) is 29.7. The van der Waals surface area contributed by atoms with Gasteiger partial charge in [-0.1, -0.05) is 17.7 Å². The van der Waals surface area contributed by atoms with Gasteiger partial charge >= 0.3 is 0 Å². The molecule has 0 amide bonds. The molecule has 0 aromatic rings. The molecule has 1 rings (SSSR count). The van der Waals surface area contributed by atoms with Crippen molar-refractivity contribution in [3.05, 3.63) is 23.3 Å². The van der Waals surface area contributed by atoms with E-state index in [4.69, 9.17) is 4.74 Å². The SMILES string of the molecule is CCOC1(C)CC=C(C)C=C1C. The zero-order valence-corrected chi connectivity index (χ0v) is 8.48. The number of allylic oxidation sites excluding steroid dienone is 2. The van der Waals surface area contributed by atoms with E-state index in [1.165, 1.54) is 11.1 Å². The minimum Gasteiger partial charge on any atom is -0.371 e. The lowest BCUT2D eigenvalue weighted by Gasteiger charge is -2.32. The molecule has 0 spiro atoms. The minimum atomic E-state index is -0.0474. The number of rotatable bonds is 2. The summed E-state index contributed by atoms with van der Waals surface area (Å²) >= 11 is 0. The lowest BCUT2D eigenvalue weighted by atomic mass is 9.87. The van der Waals surface area contributed by atoms with Gasteiger partial charge in [-0.25, -0.2) is 0 Å². The maximum absolute atomic E-state index is 5.72. The molecule has 0 fully saturated rings. The van der Waals surface area contributed by atoms with E-state index < -0.39 is 0 Å². The summed E-state index contributed by atoms with van der Waals surface area (Å²) in [5, 5.41) is 0. The molecule has 1 nitrogen and oxygen atoms in total. The summed E-state index contributed by atoms with van der Waals surface area (Å²) in [7, 11) is 0. The molecule has 12 heavy (non-hydrogen) atoms. The maximum atomic E-state index is 5.72. The first kappa shape index (κ1) is 9.53.